The van der Waals surface area contributed by atoms with Gasteiger partial charge < -0.3 is 4.42 Å². The Balaban J connectivity index is 2.97. The minimum absolute atomic E-state index is 0.393. The Hall–Kier alpha value is -0.740. The second-order valence-corrected chi connectivity index (χ2v) is 3.60. The van der Waals surface area contributed by atoms with Crippen LogP contribution in [0.25, 0.3) is 11.1 Å². The predicted octanol–water partition coefficient (Wildman–Crippen LogP) is 2.54. The van der Waals surface area contributed by atoms with E-state index in [9.17, 15) is 4.79 Å². The highest BCUT2D eigenvalue weighted by Crippen LogP contribution is 2.25. The lowest BCUT2D eigenvalue weighted by Gasteiger charge is -1.91. The van der Waals surface area contributed by atoms with Crippen LogP contribution >= 0.6 is 27.5 Å². The number of H-pyrrole nitrogens is 1. The lowest BCUT2D eigenvalue weighted by atomic mass is 10.3. The zero-order valence-electron chi connectivity index (χ0n) is 5.73. The molecule has 2 aromatic rings. The summed E-state index contributed by atoms with van der Waals surface area (Å²) in [7, 11) is 0. The van der Waals surface area contributed by atoms with Crippen molar-refractivity contribution in [2.45, 2.75) is 0 Å². The van der Waals surface area contributed by atoms with Gasteiger partial charge >= 0.3 is 5.76 Å². The van der Waals surface area contributed by atoms with Crippen LogP contribution in [0, 0.1) is 0 Å². The molecule has 0 saturated heterocycles. The fourth-order valence-electron chi connectivity index (χ4n) is 0.985. The maximum Gasteiger partial charge on any atom is 0.417 e. The molecule has 1 aromatic carbocycles. The third kappa shape index (κ3) is 1.17. The van der Waals surface area contributed by atoms with Crippen LogP contribution in [0.3, 0.4) is 0 Å². The number of aromatic amines is 1. The van der Waals surface area contributed by atoms with Crippen molar-refractivity contribution in [3.8, 4) is 0 Å². The van der Waals surface area contributed by atoms with E-state index in [0.29, 0.717) is 16.1 Å². The third-order valence-corrected chi connectivity index (χ3v) is 2.18. The van der Waals surface area contributed by atoms with Crippen LogP contribution in [-0.4, -0.2) is 4.98 Å². The molecule has 2 rings (SSSR count). The van der Waals surface area contributed by atoms with Gasteiger partial charge in [0.05, 0.1) is 10.5 Å². The standard InChI is InChI=1S/C7H3BrClNO2/c8-3-1-4(9)6-5(2-3)10-7(11)12-6/h1-2H,(H,10,11). The number of hydrogen-bond donors (Lipinski definition) is 1. The number of hydrogen-bond acceptors (Lipinski definition) is 2. The van der Waals surface area contributed by atoms with Crippen molar-refractivity contribution in [1.29, 1.82) is 0 Å². The molecule has 62 valence electrons. The maximum atomic E-state index is 10.8. The maximum absolute atomic E-state index is 10.8. The fraction of sp³-hybridized carbons (Fsp3) is 0. The van der Waals surface area contributed by atoms with Gasteiger partial charge in [-0.15, -0.1) is 0 Å². The average Bonchev–Trinajstić information content (AvgIpc) is 2.29. The molecule has 1 N–H and O–H groups in total. The van der Waals surface area contributed by atoms with E-state index in [0.717, 1.165) is 4.47 Å². The zero-order chi connectivity index (χ0) is 8.72. The van der Waals surface area contributed by atoms with Crippen LogP contribution in [0.15, 0.2) is 25.8 Å². The summed E-state index contributed by atoms with van der Waals surface area (Å²) in [6.45, 7) is 0. The van der Waals surface area contributed by atoms with Crippen molar-refractivity contribution < 1.29 is 4.42 Å². The number of oxazole rings is 1. The smallest absolute Gasteiger partial charge is 0.406 e. The highest BCUT2D eigenvalue weighted by Gasteiger charge is 2.05. The first-order chi connectivity index (χ1) is 5.66. The quantitative estimate of drug-likeness (QED) is 0.779. The van der Waals surface area contributed by atoms with Crippen molar-refractivity contribution >= 4 is 38.6 Å². The van der Waals surface area contributed by atoms with Crippen molar-refractivity contribution in [3.63, 3.8) is 0 Å². The van der Waals surface area contributed by atoms with E-state index < -0.39 is 5.76 Å². The number of aromatic nitrogens is 1. The molecule has 1 heterocycles. The summed E-state index contributed by atoms with van der Waals surface area (Å²) in [6.07, 6.45) is 0. The molecule has 0 amide bonds. The Labute approximate surface area is 80.5 Å². The summed E-state index contributed by atoms with van der Waals surface area (Å²) >= 11 is 9.04. The van der Waals surface area contributed by atoms with E-state index >= 15 is 0 Å². The first-order valence-corrected chi connectivity index (χ1v) is 4.32. The molecule has 0 unspecified atom stereocenters. The zero-order valence-corrected chi connectivity index (χ0v) is 8.07. The van der Waals surface area contributed by atoms with Crippen LogP contribution < -0.4 is 5.76 Å². The molecule has 5 heteroatoms. The second kappa shape index (κ2) is 2.64. The summed E-state index contributed by atoms with van der Waals surface area (Å²) < 4.78 is 5.59. The van der Waals surface area contributed by atoms with Gasteiger partial charge in [0.15, 0.2) is 5.58 Å². The van der Waals surface area contributed by atoms with Gasteiger partial charge in [0.25, 0.3) is 0 Å². The summed E-state index contributed by atoms with van der Waals surface area (Å²) in [5, 5.41) is 0.415. The van der Waals surface area contributed by atoms with Crippen LogP contribution in [0.2, 0.25) is 5.02 Å². The number of benzene rings is 1. The van der Waals surface area contributed by atoms with Gasteiger partial charge in [-0.25, -0.2) is 4.79 Å². The fourth-order valence-corrected chi connectivity index (χ4v) is 1.83. The van der Waals surface area contributed by atoms with Crippen molar-refractivity contribution in [2.75, 3.05) is 0 Å². The first-order valence-electron chi connectivity index (χ1n) is 3.15. The van der Waals surface area contributed by atoms with E-state index in [-0.39, 0.29) is 0 Å². The van der Waals surface area contributed by atoms with E-state index in [1.165, 1.54) is 0 Å². The van der Waals surface area contributed by atoms with Crippen LogP contribution in [-0.2, 0) is 0 Å². The molecule has 12 heavy (non-hydrogen) atoms. The van der Waals surface area contributed by atoms with Crippen LogP contribution in [0.1, 0.15) is 0 Å². The number of fused-ring (bicyclic) bond motifs is 1. The molecule has 0 spiro atoms. The molecule has 0 saturated carbocycles. The van der Waals surface area contributed by atoms with E-state index in [4.69, 9.17) is 16.0 Å². The first kappa shape index (κ1) is 7.89. The van der Waals surface area contributed by atoms with Crippen LogP contribution in [0.4, 0.5) is 0 Å². The Morgan fingerprint density at radius 2 is 2.25 bits per heavy atom. The minimum Gasteiger partial charge on any atom is -0.406 e. The topological polar surface area (TPSA) is 46.0 Å². The monoisotopic (exact) mass is 247 g/mol. The number of halogens is 2. The largest absolute Gasteiger partial charge is 0.417 e. The third-order valence-electron chi connectivity index (χ3n) is 1.44. The molecule has 0 bridgehead atoms. The molecule has 1 aromatic heterocycles. The summed E-state index contributed by atoms with van der Waals surface area (Å²) in [5.41, 5.74) is 0.990. The minimum atomic E-state index is -0.495. The number of rotatable bonds is 0. The normalized spacial score (nSPS) is 10.8. The Bertz CT molecular complexity index is 488. The molecule has 0 aliphatic heterocycles. The van der Waals surface area contributed by atoms with Crippen molar-refractivity contribution in [2.24, 2.45) is 0 Å². The molecule has 0 fully saturated rings. The average molecular weight is 248 g/mol. The molecule has 0 atom stereocenters. The van der Waals surface area contributed by atoms with Crippen molar-refractivity contribution in [3.05, 3.63) is 32.2 Å². The molecule has 0 aliphatic rings. The summed E-state index contributed by atoms with van der Waals surface area (Å²) in [6, 6.07) is 3.40. The van der Waals surface area contributed by atoms with Gasteiger partial charge in [0.2, 0.25) is 0 Å². The van der Waals surface area contributed by atoms with E-state index in [1.54, 1.807) is 12.1 Å². The second-order valence-electron chi connectivity index (χ2n) is 2.28. The van der Waals surface area contributed by atoms with E-state index in [2.05, 4.69) is 20.9 Å². The predicted molar refractivity (Wildman–Crippen MR) is 49.5 cm³/mol. The highest BCUT2D eigenvalue weighted by molar-refractivity contribution is 9.10. The van der Waals surface area contributed by atoms with Gasteiger partial charge in [-0.2, -0.15) is 0 Å². The van der Waals surface area contributed by atoms with Crippen molar-refractivity contribution in [1.82, 2.24) is 4.98 Å². The summed E-state index contributed by atoms with van der Waals surface area (Å²) in [4.78, 5) is 13.3. The Kier molecular flexibility index (Phi) is 1.73. The Morgan fingerprint density at radius 1 is 1.50 bits per heavy atom. The number of nitrogens with one attached hydrogen (secondary N) is 1. The molecule has 0 radical (unpaired) electrons. The van der Waals surface area contributed by atoms with Gasteiger partial charge in [-0.1, -0.05) is 27.5 Å². The van der Waals surface area contributed by atoms with Gasteiger partial charge in [0, 0.05) is 4.47 Å². The SMILES string of the molecule is O=c1[nH]c2cc(Br)cc(Cl)c2o1. The van der Waals surface area contributed by atoms with Gasteiger partial charge in [0.1, 0.15) is 0 Å². The van der Waals surface area contributed by atoms with Gasteiger partial charge in [-0.05, 0) is 12.1 Å². The lowest BCUT2D eigenvalue weighted by molar-refractivity contribution is 0.555. The van der Waals surface area contributed by atoms with E-state index in [1.807, 2.05) is 0 Å². The summed E-state index contributed by atoms with van der Waals surface area (Å²) in [5.74, 6) is -0.495. The highest BCUT2D eigenvalue weighted by atomic mass is 79.9. The molecule has 3 nitrogen and oxygen atoms in total. The molecule has 0 aliphatic carbocycles. The van der Waals surface area contributed by atoms with Gasteiger partial charge in [-0.3, -0.25) is 4.98 Å². The Morgan fingerprint density at radius 3 is 3.00 bits per heavy atom. The molecular formula is C7H3BrClNO2. The van der Waals surface area contributed by atoms with Crippen LogP contribution in [0.5, 0.6) is 0 Å². The lowest BCUT2D eigenvalue weighted by Crippen LogP contribution is -1.92. The molecular weight excluding hydrogens is 245 g/mol.